The van der Waals surface area contributed by atoms with Gasteiger partial charge in [0.1, 0.15) is 5.71 Å². The number of likely N-dealkylation sites (tertiary alicyclic amines) is 1. The van der Waals surface area contributed by atoms with Gasteiger partial charge in [0.2, 0.25) is 5.97 Å². The van der Waals surface area contributed by atoms with Crippen molar-refractivity contribution in [2.45, 2.75) is 122 Å². The molecule has 9 rings (SSSR count). The SMILES string of the molecule is CC(=O)OOC(C)=O.O=[N+]([O-])/N=C1/CCC2CCCc3cccc1c32.O=c1[nH]c2ccc(Cl)cc2n1C1CCN(C2CCC3CCCc4cccc2c43)CC1.[B-]OC(C)=O.[Na+]. The number of hydrazone groups is 1. The maximum absolute atomic E-state index is 12.7. The maximum atomic E-state index is 12.7. The van der Waals surface area contributed by atoms with Crippen molar-refractivity contribution in [2.75, 3.05) is 13.1 Å². The average Bonchev–Trinajstić information content (AvgIpc) is 3.56. The van der Waals surface area contributed by atoms with Crippen molar-refractivity contribution in [3.05, 3.63) is 114 Å². The molecule has 1 fully saturated rings. The number of hydrogen-bond donors (Lipinski definition) is 1. The molecule has 0 bridgehead atoms. The second kappa shape index (κ2) is 22.2. The van der Waals surface area contributed by atoms with Gasteiger partial charge in [-0.1, -0.05) is 48.0 Å². The Morgan fingerprint density at radius 2 is 1.43 bits per heavy atom. The van der Waals surface area contributed by atoms with Gasteiger partial charge in [0.25, 0.3) is 0 Å². The number of carbonyl (C=O) groups excluding carboxylic acids is 3. The molecule has 1 aliphatic heterocycles. The number of aryl methyl sites for hydroxylation is 2. The second-order valence-electron chi connectivity index (χ2n) is 15.9. The minimum absolute atomic E-state index is 0. The van der Waals surface area contributed by atoms with Gasteiger partial charge in [-0.15, -0.1) is 0 Å². The molecule has 17 heteroatoms. The van der Waals surface area contributed by atoms with E-state index in [2.05, 4.69) is 61.7 Å². The fourth-order valence-electron chi connectivity index (χ4n) is 9.72. The van der Waals surface area contributed by atoms with E-state index in [1.165, 1.54) is 63.0 Å². The standard InChI is InChI=1S/C25H28ClN3O.C13H14N2O2.C4H6O4.C2H3BO2.Na/c26-18-8-9-21-23(15-18)29(25(30)27-21)19-11-13-28(14-12-19)22-10-7-17-4-1-3-16-5-2-6-20(22)24(16)17;16-15(17)14-12-8-7-10-4-1-3-9-5-2-6-11(12)13(9)10;1-3(5)7-8-4(2)6;1-2(4)5-3;/h2,5-6,8-9,15,17,19,22H,1,3-4,7,10-14H2,(H,27,30);2,5-6,10H,1,3-4,7-8H2;1-2H3;1H3;/q;;;-1;+1/b;14-12-;;;. The third-order valence-corrected chi connectivity index (χ3v) is 12.3. The minimum Gasteiger partial charge on any atom is -0.793 e. The predicted octanol–water partition coefficient (Wildman–Crippen LogP) is 5.12. The van der Waals surface area contributed by atoms with Gasteiger partial charge < -0.3 is 17.7 Å². The van der Waals surface area contributed by atoms with Gasteiger partial charge in [-0.25, -0.2) is 34.3 Å². The van der Waals surface area contributed by atoms with Gasteiger partial charge >= 0.3 is 47.2 Å². The zero-order valence-corrected chi connectivity index (χ0v) is 38.1. The number of nitrogens with one attached hydrogen (secondary N) is 1. The third-order valence-electron chi connectivity index (χ3n) is 12.1. The molecule has 14 nitrogen and oxygen atoms in total. The number of nitro groups is 1. The Morgan fingerprint density at radius 3 is 2.03 bits per heavy atom. The maximum Gasteiger partial charge on any atom is 1.00 e. The molecule has 3 unspecified atom stereocenters. The molecule has 0 saturated carbocycles. The summed E-state index contributed by atoms with van der Waals surface area (Å²) < 4.78 is 5.56. The van der Waals surface area contributed by atoms with Crippen molar-refractivity contribution >= 4 is 54.3 Å². The minimum atomic E-state index is -0.639. The van der Waals surface area contributed by atoms with E-state index in [1.54, 1.807) is 16.7 Å². The van der Waals surface area contributed by atoms with Crippen LogP contribution in [-0.4, -0.2) is 64.2 Å². The quantitative estimate of drug-likeness (QED) is 0.126. The summed E-state index contributed by atoms with van der Waals surface area (Å²) in [5, 5.41) is 14.2. The summed E-state index contributed by atoms with van der Waals surface area (Å²) >= 11 is 6.22. The van der Waals surface area contributed by atoms with Gasteiger partial charge in [0.05, 0.1) is 16.1 Å². The number of halogens is 1. The van der Waals surface area contributed by atoms with E-state index in [0.29, 0.717) is 22.7 Å². The number of rotatable bonds is 3. The number of benzene rings is 3. The Balaban J connectivity index is 0.000000191. The molecule has 2 heterocycles. The van der Waals surface area contributed by atoms with E-state index in [0.717, 1.165) is 81.6 Å². The molecule has 5 aliphatic rings. The number of piperidine rings is 1. The van der Waals surface area contributed by atoms with Crippen molar-refractivity contribution in [2.24, 2.45) is 5.10 Å². The van der Waals surface area contributed by atoms with Crippen LogP contribution in [0.25, 0.3) is 11.0 Å². The second-order valence-corrected chi connectivity index (χ2v) is 16.3. The predicted molar refractivity (Wildman–Crippen MR) is 227 cm³/mol. The molecule has 1 aromatic heterocycles. The zero-order valence-electron chi connectivity index (χ0n) is 35.3. The van der Waals surface area contributed by atoms with Crippen LogP contribution >= 0.6 is 11.6 Å². The summed E-state index contributed by atoms with van der Waals surface area (Å²) in [6.07, 6.45) is 13.9. The van der Waals surface area contributed by atoms with Crippen LogP contribution in [0.2, 0.25) is 5.02 Å². The Hall–Kier alpha value is -4.28. The normalized spacial score (nSPS) is 20.6. The van der Waals surface area contributed by atoms with E-state index < -0.39 is 22.9 Å². The van der Waals surface area contributed by atoms with Gasteiger partial charge in [0.15, 0.2) is 5.03 Å². The van der Waals surface area contributed by atoms with Crippen LogP contribution in [0.3, 0.4) is 0 Å². The molecular weight excluding hydrogens is 812 g/mol. The average molecular weight is 863 g/mol. The number of fused-ring (bicyclic) bond motifs is 1. The van der Waals surface area contributed by atoms with E-state index in [4.69, 9.17) is 11.6 Å². The van der Waals surface area contributed by atoms with Crippen molar-refractivity contribution < 1.29 is 63.4 Å². The summed E-state index contributed by atoms with van der Waals surface area (Å²) in [6, 6.07) is 19.6. The van der Waals surface area contributed by atoms with E-state index >= 15 is 0 Å². The monoisotopic (exact) mass is 862 g/mol. The number of aromatic nitrogens is 2. The summed E-state index contributed by atoms with van der Waals surface area (Å²) in [7, 11) is 4.32. The molecule has 1 saturated heterocycles. The molecule has 3 aromatic carbocycles. The van der Waals surface area contributed by atoms with Crippen LogP contribution in [0, 0.1) is 10.1 Å². The summed E-state index contributed by atoms with van der Waals surface area (Å²) in [6.45, 7) is 5.61. The first kappa shape index (κ1) is 47.8. The van der Waals surface area contributed by atoms with Gasteiger partial charge in [-0.05, 0) is 135 Å². The van der Waals surface area contributed by atoms with E-state index in [9.17, 15) is 29.3 Å². The topological polar surface area (TPSA) is 175 Å². The number of imidazole rings is 1. The molecule has 3 radical (unpaired) electrons. The first-order valence-electron chi connectivity index (χ1n) is 20.7. The molecule has 4 aliphatic carbocycles. The summed E-state index contributed by atoms with van der Waals surface area (Å²) in [5.74, 6) is -0.362. The number of H-pyrrole nitrogens is 1. The molecule has 0 spiro atoms. The number of nitrogens with zero attached hydrogens (tertiary/aromatic N) is 4. The Morgan fingerprint density at radius 1 is 0.820 bits per heavy atom. The third kappa shape index (κ3) is 12.0. The number of carbonyl (C=O) groups is 3. The van der Waals surface area contributed by atoms with Gasteiger partial charge in [-0.2, -0.15) is 0 Å². The van der Waals surface area contributed by atoms with E-state index in [-0.39, 0.29) is 41.3 Å². The molecule has 61 heavy (non-hydrogen) atoms. The van der Waals surface area contributed by atoms with Crippen molar-refractivity contribution in [1.82, 2.24) is 14.5 Å². The van der Waals surface area contributed by atoms with Crippen molar-refractivity contribution in [1.29, 1.82) is 0 Å². The first-order valence-corrected chi connectivity index (χ1v) is 21.0. The van der Waals surface area contributed by atoms with Crippen molar-refractivity contribution in [3.63, 3.8) is 0 Å². The number of hydrogen-bond acceptors (Lipinski definition) is 10. The summed E-state index contributed by atoms with van der Waals surface area (Å²) in [5.41, 5.74) is 11.1. The molecule has 317 valence electrons. The summed E-state index contributed by atoms with van der Waals surface area (Å²) in [4.78, 5) is 65.7. The van der Waals surface area contributed by atoms with Gasteiger partial charge in [0, 0.05) is 56.5 Å². The smallest absolute Gasteiger partial charge is 0.793 e. The van der Waals surface area contributed by atoms with Crippen molar-refractivity contribution in [3.8, 4) is 0 Å². The Labute approximate surface area is 383 Å². The van der Waals surface area contributed by atoms with Crippen LogP contribution in [0.1, 0.15) is 142 Å². The van der Waals surface area contributed by atoms with Crippen LogP contribution in [0.15, 0.2) is 64.5 Å². The van der Waals surface area contributed by atoms with Gasteiger partial charge in [-0.3, -0.25) is 14.3 Å². The Kier molecular flexibility index (Phi) is 17.4. The molecule has 0 amide bonds. The zero-order chi connectivity index (χ0) is 42.9. The molecule has 4 aromatic rings. The fourth-order valence-corrected chi connectivity index (χ4v) is 9.89. The van der Waals surface area contributed by atoms with Crippen LogP contribution in [0.4, 0.5) is 0 Å². The van der Waals surface area contributed by atoms with Crippen LogP contribution in [-0.2, 0) is 41.7 Å². The first-order chi connectivity index (χ1) is 28.8. The number of aromatic amines is 1. The fraction of sp³-hybridized carbons (Fsp3) is 0.477. The molecule has 3 atom stereocenters. The molecule has 1 N–H and O–H groups in total. The van der Waals surface area contributed by atoms with Crippen LogP contribution in [0.5, 0.6) is 0 Å². The largest absolute Gasteiger partial charge is 1.00 e. The Bertz CT molecular complexity index is 2290. The molecular formula is C44H51BClN5NaO9. The van der Waals surface area contributed by atoms with Crippen LogP contribution < -0.4 is 35.2 Å². The van der Waals surface area contributed by atoms with E-state index in [1.807, 2.05) is 34.9 Å².